The molecule has 5 saturated carbocycles. The van der Waals surface area contributed by atoms with E-state index in [2.05, 4.69) is 22.2 Å². The van der Waals surface area contributed by atoms with Gasteiger partial charge in [0.2, 0.25) is 0 Å². The van der Waals surface area contributed by atoms with Crippen LogP contribution in [-0.2, 0) is 0 Å². The van der Waals surface area contributed by atoms with Gasteiger partial charge in [-0.1, -0.05) is 91.4 Å². The standard InChI is InChI=1S/C33H55N2P/c1-5-15-27(16-6-1)34-25-26-35(28-17-7-2-8-18-28)33(34)31-23-13-14-24-32(31)36(29-19-9-3-10-20-29)30-21-11-4-12-22-30/h25-30,32H,1-24H2. The zero-order chi connectivity index (χ0) is 24.2. The van der Waals surface area contributed by atoms with E-state index >= 15 is 0 Å². The summed E-state index contributed by atoms with van der Waals surface area (Å²) in [6.07, 6.45) is 40.8. The van der Waals surface area contributed by atoms with Gasteiger partial charge < -0.3 is 9.80 Å². The summed E-state index contributed by atoms with van der Waals surface area (Å²) in [5.74, 6) is 1.76. The molecule has 0 saturated heterocycles. The molecule has 1 unspecified atom stereocenters. The summed E-state index contributed by atoms with van der Waals surface area (Å²) in [5, 5.41) is 0. The third-order valence-corrected chi connectivity index (χ3v) is 15.0. The highest BCUT2D eigenvalue weighted by molar-refractivity contribution is 7.60. The molecule has 0 N–H and O–H groups in total. The molecule has 36 heavy (non-hydrogen) atoms. The highest BCUT2D eigenvalue weighted by Gasteiger charge is 2.42. The molecule has 5 aliphatic carbocycles. The molecule has 1 atom stereocenters. The third-order valence-electron chi connectivity index (χ3n) is 11.0. The molecule has 202 valence electrons. The Hall–Kier alpha value is -0.490. The molecule has 0 aromatic rings. The van der Waals surface area contributed by atoms with E-state index in [1.165, 1.54) is 128 Å². The first-order valence-corrected chi connectivity index (χ1v) is 18.2. The summed E-state index contributed by atoms with van der Waals surface area (Å²) in [6.45, 7) is 0. The fraction of sp³-hybridized carbons (Fsp3) is 0.879. The van der Waals surface area contributed by atoms with Crippen LogP contribution in [0, 0.1) is 0 Å². The van der Waals surface area contributed by atoms with E-state index in [4.69, 9.17) is 0 Å². The maximum Gasteiger partial charge on any atom is 0.112 e. The largest absolute Gasteiger partial charge is 0.330 e. The van der Waals surface area contributed by atoms with E-state index in [1.54, 1.807) is 31.5 Å². The molecule has 1 aliphatic heterocycles. The van der Waals surface area contributed by atoms with E-state index in [0.717, 1.165) is 29.1 Å². The Kier molecular flexibility index (Phi) is 9.00. The molecule has 0 spiro atoms. The van der Waals surface area contributed by atoms with Crippen molar-refractivity contribution in [3.8, 4) is 0 Å². The number of rotatable bonds is 5. The van der Waals surface area contributed by atoms with Crippen molar-refractivity contribution in [2.45, 2.75) is 183 Å². The third kappa shape index (κ3) is 5.60. The van der Waals surface area contributed by atoms with Crippen molar-refractivity contribution in [1.82, 2.24) is 9.80 Å². The first kappa shape index (κ1) is 25.8. The van der Waals surface area contributed by atoms with Crippen LogP contribution in [-0.4, -0.2) is 38.9 Å². The second kappa shape index (κ2) is 12.6. The van der Waals surface area contributed by atoms with Crippen molar-refractivity contribution >= 4 is 7.92 Å². The summed E-state index contributed by atoms with van der Waals surface area (Å²) in [6, 6.07) is 1.54. The van der Waals surface area contributed by atoms with Gasteiger partial charge in [0.25, 0.3) is 0 Å². The average Bonchev–Trinajstić information content (AvgIpc) is 3.41. The predicted molar refractivity (Wildman–Crippen MR) is 157 cm³/mol. The minimum atomic E-state index is 0.117. The molecule has 0 radical (unpaired) electrons. The topological polar surface area (TPSA) is 6.48 Å². The molecule has 0 aromatic carbocycles. The number of hydrogen-bond donors (Lipinski definition) is 0. The van der Waals surface area contributed by atoms with Crippen LogP contribution in [0.3, 0.4) is 0 Å². The van der Waals surface area contributed by atoms with Crippen molar-refractivity contribution < 1.29 is 0 Å². The van der Waals surface area contributed by atoms with Crippen LogP contribution in [0.15, 0.2) is 23.8 Å². The van der Waals surface area contributed by atoms with Crippen LogP contribution < -0.4 is 0 Å². The van der Waals surface area contributed by atoms with Crippen LogP contribution in [0.1, 0.15) is 154 Å². The van der Waals surface area contributed by atoms with Crippen molar-refractivity contribution in [3.05, 3.63) is 23.8 Å². The highest BCUT2D eigenvalue weighted by atomic mass is 31.1. The lowest BCUT2D eigenvalue weighted by atomic mass is 9.90. The Morgan fingerprint density at radius 1 is 0.472 bits per heavy atom. The van der Waals surface area contributed by atoms with E-state index in [1.807, 2.05) is 5.57 Å². The van der Waals surface area contributed by atoms with Crippen molar-refractivity contribution in [2.24, 2.45) is 0 Å². The molecular weight excluding hydrogens is 455 g/mol. The summed E-state index contributed by atoms with van der Waals surface area (Å²) in [7, 11) is 0.117. The predicted octanol–water partition coefficient (Wildman–Crippen LogP) is 10.0. The lowest BCUT2D eigenvalue weighted by Crippen LogP contribution is -2.41. The van der Waals surface area contributed by atoms with Crippen LogP contribution >= 0.6 is 7.92 Å². The van der Waals surface area contributed by atoms with Crippen LogP contribution in [0.4, 0.5) is 0 Å². The minimum Gasteiger partial charge on any atom is -0.330 e. The molecule has 6 rings (SSSR count). The molecule has 6 aliphatic rings. The van der Waals surface area contributed by atoms with Gasteiger partial charge in [-0.2, -0.15) is 0 Å². The van der Waals surface area contributed by atoms with Gasteiger partial charge in [0.05, 0.1) is 0 Å². The molecule has 0 aromatic heterocycles. The van der Waals surface area contributed by atoms with Gasteiger partial charge in [0.1, 0.15) is 5.82 Å². The minimum absolute atomic E-state index is 0.117. The van der Waals surface area contributed by atoms with E-state index in [9.17, 15) is 0 Å². The van der Waals surface area contributed by atoms with Gasteiger partial charge in [0.15, 0.2) is 0 Å². The first-order valence-electron chi connectivity index (χ1n) is 16.7. The lowest BCUT2D eigenvalue weighted by molar-refractivity contribution is 0.187. The molecule has 1 heterocycles. The summed E-state index contributed by atoms with van der Waals surface area (Å²) in [5.41, 5.74) is 5.07. The van der Waals surface area contributed by atoms with Gasteiger partial charge in [0, 0.05) is 30.1 Å². The van der Waals surface area contributed by atoms with E-state index in [0.29, 0.717) is 0 Å². The summed E-state index contributed by atoms with van der Waals surface area (Å²) >= 11 is 0. The van der Waals surface area contributed by atoms with Gasteiger partial charge >= 0.3 is 0 Å². The zero-order valence-corrected chi connectivity index (χ0v) is 24.2. The Morgan fingerprint density at radius 3 is 1.36 bits per heavy atom. The monoisotopic (exact) mass is 510 g/mol. The smallest absolute Gasteiger partial charge is 0.112 e. The van der Waals surface area contributed by atoms with Crippen LogP contribution in [0.5, 0.6) is 0 Å². The lowest BCUT2D eigenvalue weighted by Gasteiger charge is -2.47. The molecule has 2 nitrogen and oxygen atoms in total. The zero-order valence-electron chi connectivity index (χ0n) is 23.4. The van der Waals surface area contributed by atoms with Gasteiger partial charge in [-0.3, -0.25) is 0 Å². The van der Waals surface area contributed by atoms with Crippen LogP contribution in [0.25, 0.3) is 0 Å². The number of hydrogen-bond acceptors (Lipinski definition) is 2. The second-order valence-corrected chi connectivity index (χ2v) is 16.3. The SMILES string of the molecule is C1=CN(C2CCCCC2)C(=C2CCCCC2P(C2CCCCC2)C2CCCCC2)N1C1CCCCC1. The maximum atomic E-state index is 2.89. The summed E-state index contributed by atoms with van der Waals surface area (Å²) in [4.78, 5) is 5.77. The Bertz CT molecular complexity index is 702. The quantitative estimate of drug-likeness (QED) is 0.339. The number of allylic oxidation sites excluding steroid dienone is 1. The molecule has 5 fully saturated rings. The number of nitrogens with zero attached hydrogens (tertiary/aromatic N) is 2. The second-order valence-electron chi connectivity index (χ2n) is 13.3. The maximum absolute atomic E-state index is 2.89. The molecule has 3 heteroatoms. The van der Waals surface area contributed by atoms with Gasteiger partial charge in [-0.05, 0) is 87.5 Å². The van der Waals surface area contributed by atoms with Gasteiger partial charge in [-0.25, -0.2) is 0 Å². The van der Waals surface area contributed by atoms with Crippen molar-refractivity contribution in [2.75, 3.05) is 0 Å². The molecule has 0 amide bonds. The Labute approximate surface area is 224 Å². The summed E-state index contributed by atoms with van der Waals surface area (Å²) < 4.78 is 0. The molecule has 0 bridgehead atoms. The fourth-order valence-corrected chi connectivity index (χ4v) is 13.8. The Balaban J connectivity index is 1.38. The average molecular weight is 511 g/mol. The first-order chi connectivity index (χ1) is 17.9. The fourth-order valence-electron chi connectivity index (χ4n) is 9.21. The van der Waals surface area contributed by atoms with Gasteiger partial charge in [-0.15, -0.1) is 0 Å². The highest BCUT2D eigenvalue weighted by Crippen LogP contribution is 2.63. The van der Waals surface area contributed by atoms with Crippen LogP contribution in [0.2, 0.25) is 0 Å². The normalized spacial score (nSPS) is 30.6. The van der Waals surface area contributed by atoms with Crippen molar-refractivity contribution in [3.63, 3.8) is 0 Å². The van der Waals surface area contributed by atoms with Crippen molar-refractivity contribution in [1.29, 1.82) is 0 Å². The molecular formula is C33H55N2P. The van der Waals surface area contributed by atoms with E-state index < -0.39 is 0 Å². The van der Waals surface area contributed by atoms with E-state index in [-0.39, 0.29) is 7.92 Å². The Morgan fingerprint density at radius 2 is 0.889 bits per heavy atom.